The van der Waals surface area contributed by atoms with Crippen LogP contribution in [0.25, 0.3) is 6.08 Å². The van der Waals surface area contributed by atoms with Gasteiger partial charge in [-0.05, 0) is 12.5 Å². The number of carboxylic acid groups (broad SMARTS) is 1. The number of amides is 2. The fourth-order valence-electron chi connectivity index (χ4n) is 1.58. The van der Waals surface area contributed by atoms with Gasteiger partial charge in [-0.1, -0.05) is 11.3 Å². The number of rotatable bonds is 4. The Kier molecular flexibility index (Phi) is 3.91. The molecular weight excluding hydrogens is 270 g/mol. The molecule has 1 aromatic rings. The average Bonchev–Trinajstić information content (AvgIpc) is 2.95. The Morgan fingerprint density at radius 2 is 2.37 bits per heavy atom. The number of hydrogen-bond acceptors (Lipinski definition) is 5. The van der Waals surface area contributed by atoms with Crippen molar-refractivity contribution < 1.29 is 19.5 Å². The van der Waals surface area contributed by atoms with E-state index in [-0.39, 0.29) is 11.8 Å². The highest BCUT2D eigenvalue weighted by Crippen LogP contribution is 2.20. The van der Waals surface area contributed by atoms with Crippen LogP contribution in [0.2, 0.25) is 0 Å². The van der Waals surface area contributed by atoms with E-state index in [0.29, 0.717) is 22.9 Å². The van der Waals surface area contributed by atoms with Crippen LogP contribution in [0.15, 0.2) is 12.3 Å². The van der Waals surface area contributed by atoms with Gasteiger partial charge in [-0.2, -0.15) is 0 Å². The smallest absolute Gasteiger partial charge is 0.328 e. The van der Waals surface area contributed by atoms with Crippen LogP contribution >= 0.6 is 11.3 Å². The predicted molar refractivity (Wildman–Crippen MR) is 68.6 cm³/mol. The molecule has 1 fully saturated rings. The summed E-state index contributed by atoms with van der Waals surface area (Å²) in [4.78, 5) is 37.7. The van der Waals surface area contributed by atoms with Crippen LogP contribution in [-0.2, 0) is 14.4 Å². The molecule has 8 heteroatoms. The van der Waals surface area contributed by atoms with Gasteiger partial charge in [-0.3, -0.25) is 9.59 Å². The SMILES string of the molecule is O=C(O)C=Cc1cnc(NC(=O)C2CCC(=O)N2)s1. The first-order chi connectivity index (χ1) is 9.04. The summed E-state index contributed by atoms with van der Waals surface area (Å²) in [7, 11) is 0. The Morgan fingerprint density at radius 3 is 3.00 bits per heavy atom. The number of nitrogens with one attached hydrogen (secondary N) is 2. The number of nitrogens with zero attached hydrogens (tertiary/aromatic N) is 1. The van der Waals surface area contributed by atoms with Crippen LogP contribution in [-0.4, -0.2) is 33.9 Å². The summed E-state index contributed by atoms with van der Waals surface area (Å²) in [5.74, 6) is -1.49. The number of carbonyl (C=O) groups excluding carboxylic acids is 2. The normalized spacial score (nSPS) is 18.5. The second-order valence-electron chi connectivity index (χ2n) is 3.89. The van der Waals surface area contributed by atoms with Crippen molar-refractivity contribution in [3.8, 4) is 0 Å². The molecule has 0 aromatic carbocycles. The lowest BCUT2D eigenvalue weighted by atomic mass is 10.2. The summed E-state index contributed by atoms with van der Waals surface area (Å²) < 4.78 is 0. The Hall–Kier alpha value is -2.22. The van der Waals surface area contributed by atoms with E-state index in [2.05, 4.69) is 15.6 Å². The summed E-state index contributed by atoms with van der Waals surface area (Å²) in [5, 5.41) is 14.0. The lowest BCUT2D eigenvalue weighted by Gasteiger charge is -2.08. The van der Waals surface area contributed by atoms with Crippen LogP contribution in [0, 0.1) is 0 Å². The number of anilines is 1. The lowest BCUT2D eigenvalue weighted by molar-refractivity contribution is -0.131. The van der Waals surface area contributed by atoms with Crippen molar-refractivity contribution in [2.24, 2.45) is 0 Å². The first-order valence-corrected chi connectivity index (χ1v) is 6.33. The van der Waals surface area contributed by atoms with Gasteiger partial charge >= 0.3 is 5.97 Å². The summed E-state index contributed by atoms with van der Waals surface area (Å²) in [6.07, 6.45) is 4.68. The molecule has 1 aliphatic heterocycles. The van der Waals surface area contributed by atoms with Crippen molar-refractivity contribution in [1.29, 1.82) is 0 Å². The van der Waals surface area contributed by atoms with Crippen LogP contribution < -0.4 is 10.6 Å². The largest absolute Gasteiger partial charge is 0.478 e. The third-order valence-corrected chi connectivity index (χ3v) is 3.33. The van der Waals surface area contributed by atoms with Gasteiger partial charge in [0.2, 0.25) is 11.8 Å². The zero-order valence-electron chi connectivity index (χ0n) is 9.75. The quantitative estimate of drug-likeness (QED) is 0.695. The molecule has 1 saturated heterocycles. The van der Waals surface area contributed by atoms with Crippen molar-refractivity contribution in [1.82, 2.24) is 10.3 Å². The fraction of sp³-hybridized carbons (Fsp3) is 0.273. The van der Waals surface area contributed by atoms with Gasteiger partial charge in [-0.25, -0.2) is 9.78 Å². The molecule has 3 N–H and O–H groups in total. The molecule has 1 atom stereocenters. The molecule has 1 aliphatic rings. The van der Waals surface area contributed by atoms with Crippen molar-refractivity contribution in [2.75, 3.05) is 5.32 Å². The van der Waals surface area contributed by atoms with E-state index in [9.17, 15) is 14.4 Å². The first-order valence-electron chi connectivity index (χ1n) is 5.51. The number of carbonyl (C=O) groups is 3. The molecule has 19 heavy (non-hydrogen) atoms. The molecule has 7 nitrogen and oxygen atoms in total. The Morgan fingerprint density at radius 1 is 1.58 bits per heavy atom. The zero-order valence-corrected chi connectivity index (χ0v) is 10.6. The first kappa shape index (κ1) is 13.2. The Balaban J connectivity index is 1.94. The molecule has 0 spiro atoms. The van der Waals surface area contributed by atoms with E-state index in [1.807, 2.05) is 0 Å². The zero-order chi connectivity index (χ0) is 13.8. The van der Waals surface area contributed by atoms with Crippen molar-refractivity contribution in [3.63, 3.8) is 0 Å². The van der Waals surface area contributed by atoms with E-state index in [1.165, 1.54) is 12.3 Å². The molecule has 1 unspecified atom stereocenters. The highest BCUT2D eigenvalue weighted by Gasteiger charge is 2.27. The molecule has 100 valence electrons. The molecule has 0 radical (unpaired) electrons. The van der Waals surface area contributed by atoms with E-state index in [0.717, 1.165) is 17.4 Å². The van der Waals surface area contributed by atoms with Crippen LogP contribution in [0.3, 0.4) is 0 Å². The van der Waals surface area contributed by atoms with Gasteiger partial charge in [0, 0.05) is 23.6 Å². The summed E-state index contributed by atoms with van der Waals surface area (Å²) >= 11 is 1.16. The second-order valence-corrected chi connectivity index (χ2v) is 4.95. The lowest BCUT2D eigenvalue weighted by Crippen LogP contribution is -2.37. The second kappa shape index (κ2) is 5.61. The highest BCUT2D eigenvalue weighted by molar-refractivity contribution is 7.16. The molecule has 2 rings (SSSR count). The van der Waals surface area contributed by atoms with Gasteiger partial charge < -0.3 is 15.7 Å². The number of aromatic nitrogens is 1. The third-order valence-electron chi connectivity index (χ3n) is 2.46. The van der Waals surface area contributed by atoms with Gasteiger partial charge in [0.1, 0.15) is 6.04 Å². The minimum absolute atomic E-state index is 0.135. The molecule has 1 aromatic heterocycles. The highest BCUT2D eigenvalue weighted by atomic mass is 32.1. The standard InChI is InChI=1S/C11H11N3O4S/c15-8-3-2-7(13-8)10(18)14-11-12-5-6(19-11)1-4-9(16)17/h1,4-5,7H,2-3H2,(H,13,15)(H,16,17)(H,12,14,18). The van der Waals surface area contributed by atoms with Crippen molar-refractivity contribution in [2.45, 2.75) is 18.9 Å². The summed E-state index contributed by atoms with van der Waals surface area (Å²) in [6, 6.07) is -0.519. The fourth-order valence-corrected chi connectivity index (χ4v) is 2.30. The Bertz CT molecular complexity index is 552. The Labute approximate surface area is 112 Å². The third kappa shape index (κ3) is 3.62. The molecule has 2 heterocycles. The van der Waals surface area contributed by atoms with E-state index >= 15 is 0 Å². The molecule has 0 aliphatic carbocycles. The van der Waals surface area contributed by atoms with Gasteiger partial charge in [-0.15, -0.1) is 0 Å². The summed E-state index contributed by atoms with van der Waals surface area (Å²) in [6.45, 7) is 0. The molecule has 0 saturated carbocycles. The predicted octanol–water partition coefficient (Wildman–Crippen LogP) is 0.458. The maximum Gasteiger partial charge on any atom is 0.328 e. The van der Waals surface area contributed by atoms with Crippen molar-refractivity contribution in [3.05, 3.63) is 17.2 Å². The number of aliphatic carboxylic acids is 1. The van der Waals surface area contributed by atoms with Gasteiger partial charge in [0.15, 0.2) is 5.13 Å². The van der Waals surface area contributed by atoms with Gasteiger partial charge in [0.05, 0.1) is 0 Å². The molecular formula is C11H11N3O4S. The number of hydrogen-bond donors (Lipinski definition) is 3. The van der Waals surface area contributed by atoms with Crippen LogP contribution in [0.1, 0.15) is 17.7 Å². The van der Waals surface area contributed by atoms with E-state index in [4.69, 9.17) is 5.11 Å². The summed E-state index contributed by atoms with van der Waals surface area (Å²) in [5.41, 5.74) is 0. The van der Waals surface area contributed by atoms with E-state index < -0.39 is 12.0 Å². The topological polar surface area (TPSA) is 108 Å². The van der Waals surface area contributed by atoms with Gasteiger partial charge in [0.25, 0.3) is 0 Å². The minimum Gasteiger partial charge on any atom is -0.478 e. The molecule has 2 amide bonds. The maximum atomic E-state index is 11.8. The van der Waals surface area contributed by atoms with E-state index in [1.54, 1.807) is 0 Å². The monoisotopic (exact) mass is 281 g/mol. The number of carboxylic acids is 1. The number of thiazole rings is 1. The van der Waals surface area contributed by atoms with Crippen LogP contribution in [0.4, 0.5) is 5.13 Å². The van der Waals surface area contributed by atoms with Crippen molar-refractivity contribution >= 4 is 40.3 Å². The average molecular weight is 281 g/mol. The minimum atomic E-state index is -1.05. The van der Waals surface area contributed by atoms with Crippen LogP contribution in [0.5, 0.6) is 0 Å². The maximum absolute atomic E-state index is 11.8. The molecule has 0 bridgehead atoms.